The van der Waals surface area contributed by atoms with Gasteiger partial charge in [-0.25, -0.2) is 0 Å². The molecule has 0 saturated heterocycles. The second-order valence-corrected chi connectivity index (χ2v) is 7.56. The van der Waals surface area contributed by atoms with Crippen molar-refractivity contribution in [3.63, 3.8) is 0 Å². The van der Waals surface area contributed by atoms with E-state index in [1.54, 1.807) is 26.0 Å². The summed E-state index contributed by atoms with van der Waals surface area (Å²) in [5, 5.41) is 9.83. The average Bonchev–Trinajstić information content (AvgIpc) is 3.23. The van der Waals surface area contributed by atoms with Gasteiger partial charge in [0.05, 0.1) is 25.5 Å². The molecule has 6 nitrogen and oxygen atoms in total. The number of ether oxygens (including phenoxy) is 2. The van der Waals surface area contributed by atoms with Crippen LogP contribution in [0.5, 0.6) is 11.5 Å². The van der Waals surface area contributed by atoms with Crippen molar-refractivity contribution in [1.82, 2.24) is 19.7 Å². The van der Waals surface area contributed by atoms with E-state index in [4.69, 9.17) is 9.47 Å². The molecule has 0 unspecified atom stereocenters. The van der Waals surface area contributed by atoms with Crippen LogP contribution in [0, 0.1) is 0 Å². The smallest absolute Gasteiger partial charge is 0.196 e. The van der Waals surface area contributed by atoms with Crippen LogP contribution in [-0.4, -0.2) is 39.7 Å². The molecule has 0 spiro atoms. The number of hydrogen-bond donors (Lipinski definition) is 0. The van der Waals surface area contributed by atoms with Gasteiger partial charge in [-0.1, -0.05) is 23.9 Å². The SMILES string of the molecule is COc1ccc(-n2c(SCCc3ccncc3)nnc2-c2ccccc2OC)cc1. The van der Waals surface area contributed by atoms with Crippen molar-refractivity contribution in [2.75, 3.05) is 20.0 Å². The van der Waals surface area contributed by atoms with Gasteiger partial charge >= 0.3 is 0 Å². The first-order chi connectivity index (χ1) is 14.8. The lowest BCUT2D eigenvalue weighted by atomic mass is 10.2. The third-order valence-corrected chi connectivity index (χ3v) is 5.61. The molecule has 152 valence electrons. The molecule has 0 aliphatic rings. The summed E-state index contributed by atoms with van der Waals surface area (Å²) in [5.41, 5.74) is 3.11. The van der Waals surface area contributed by atoms with Crippen molar-refractivity contribution in [2.24, 2.45) is 0 Å². The van der Waals surface area contributed by atoms with E-state index in [9.17, 15) is 0 Å². The number of hydrogen-bond acceptors (Lipinski definition) is 6. The molecule has 2 aromatic carbocycles. The summed E-state index contributed by atoms with van der Waals surface area (Å²) in [6.45, 7) is 0. The van der Waals surface area contributed by atoms with Crippen LogP contribution in [0.25, 0.3) is 17.1 Å². The maximum absolute atomic E-state index is 5.56. The molecule has 0 atom stereocenters. The number of aryl methyl sites for hydroxylation is 1. The minimum absolute atomic E-state index is 0.740. The highest BCUT2D eigenvalue weighted by molar-refractivity contribution is 7.99. The number of para-hydroxylation sites is 1. The molecule has 30 heavy (non-hydrogen) atoms. The van der Waals surface area contributed by atoms with Crippen molar-refractivity contribution in [3.05, 3.63) is 78.6 Å². The number of thioether (sulfide) groups is 1. The third kappa shape index (κ3) is 4.31. The molecular weight excluding hydrogens is 396 g/mol. The molecular formula is C23H22N4O2S. The quantitative estimate of drug-likeness (QED) is 0.387. The Labute approximate surface area is 179 Å². The Morgan fingerprint density at radius 3 is 2.37 bits per heavy atom. The standard InChI is InChI=1S/C23H22N4O2S/c1-28-19-9-7-18(8-10-19)27-22(20-5-3-4-6-21(20)29-2)25-26-23(27)30-16-13-17-11-14-24-15-12-17/h3-12,14-15H,13,16H2,1-2H3. The van der Waals surface area contributed by atoms with Crippen LogP contribution in [0.2, 0.25) is 0 Å². The summed E-state index contributed by atoms with van der Waals surface area (Å²) in [5.74, 6) is 3.18. The number of nitrogens with zero attached hydrogens (tertiary/aromatic N) is 4. The van der Waals surface area contributed by atoms with Gasteiger partial charge in [0.1, 0.15) is 11.5 Å². The fourth-order valence-electron chi connectivity index (χ4n) is 3.14. The fourth-order valence-corrected chi connectivity index (χ4v) is 4.08. The molecule has 0 radical (unpaired) electrons. The van der Waals surface area contributed by atoms with Crippen molar-refractivity contribution in [3.8, 4) is 28.6 Å². The number of benzene rings is 2. The Kier molecular flexibility index (Phi) is 6.29. The largest absolute Gasteiger partial charge is 0.497 e. The van der Waals surface area contributed by atoms with Crippen molar-refractivity contribution in [2.45, 2.75) is 11.6 Å². The van der Waals surface area contributed by atoms with E-state index in [0.29, 0.717) is 0 Å². The lowest BCUT2D eigenvalue weighted by Gasteiger charge is -2.13. The summed E-state index contributed by atoms with van der Waals surface area (Å²) in [6.07, 6.45) is 4.56. The maximum Gasteiger partial charge on any atom is 0.196 e. The normalized spacial score (nSPS) is 10.7. The second-order valence-electron chi connectivity index (χ2n) is 6.49. The van der Waals surface area contributed by atoms with Crippen molar-refractivity contribution < 1.29 is 9.47 Å². The average molecular weight is 419 g/mol. The van der Waals surface area contributed by atoms with Gasteiger partial charge in [0.25, 0.3) is 0 Å². The van der Waals surface area contributed by atoms with Gasteiger partial charge in [0.2, 0.25) is 0 Å². The monoisotopic (exact) mass is 418 g/mol. The summed E-state index contributed by atoms with van der Waals surface area (Å²) in [7, 11) is 3.33. The van der Waals surface area contributed by atoms with Crippen LogP contribution in [0.3, 0.4) is 0 Å². The number of pyridine rings is 1. The minimum Gasteiger partial charge on any atom is -0.497 e. The van der Waals surface area contributed by atoms with Crippen LogP contribution in [0.15, 0.2) is 78.2 Å². The Bertz CT molecular complexity index is 1100. The molecule has 4 aromatic rings. The van der Waals surface area contributed by atoms with Crippen LogP contribution in [-0.2, 0) is 6.42 Å². The highest BCUT2D eigenvalue weighted by atomic mass is 32.2. The van der Waals surface area contributed by atoms with E-state index in [0.717, 1.165) is 45.9 Å². The van der Waals surface area contributed by atoms with E-state index < -0.39 is 0 Å². The minimum atomic E-state index is 0.740. The van der Waals surface area contributed by atoms with Gasteiger partial charge in [0, 0.05) is 18.1 Å². The molecule has 2 heterocycles. The van der Waals surface area contributed by atoms with Gasteiger partial charge < -0.3 is 9.47 Å². The van der Waals surface area contributed by atoms with Gasteiger partial charge in [0.15, 0.2) is 11.0 Å². The zero-order valence-electron chi connectivity index (χ0n) is 16.9. The Balaban J connectivity index is 1.69. The van der Waals surface area contributed by atoms with E-state index in [-0.39, 0.29) is 0 Å². The lowest BCUT2D eigenvalue weighted by molar-refractivity contribution is 0.414. The summed E-state index contributed by atoms with van der Waals surface area (Å²) < 4.78 is 12.9. The van der Waals surface area contributed by atoms with Crippen molar-refractivity contribution in [1.29, 1.82) is 0 Å². The third-order valence-electron chi connectivity index (χ3n) is 4.68. The fraction of sp³-hybridized carbons (Fsp3) is 0.174. The molecule has 7 heteroatoms. The Morgan fingerprint density at radius 2 is 1.63 bits per heavy atom. The molecule has 0 saturated carbocycles. The van der Waals surface area contributed by atoms with Crippen LogP contribution < -0.4 is 9.47 Å². The molecule has 0 aliphatic carbocycles. The molecule has 4 rings (SSSR count). The van der Waals surface area contributed by atoms with E-state index in [1.165, 1.54) is 5.56 Å². The predicted molar refractivity (Wildman–Crippen MR) is 119 cm³/mol. The Hall–Kier alpha value is -3.32. The lowest BCUT2D eigenvalue weighted by Crippen LogP contribution is -2.01. The van der Waals surface area contributed by atoms with Crippen LogP contribution in [0.1, 0.15) is 5.56 Å². The number of aromatic nitrogens is 4. The van der Waals surface area contributed by atoms with Gasteiger partial charge in [-0.05, 0) is 60.5 Å². The molecule has 0 N–H and O–H groups in total. The first-order valence-corrected chi connectivity index (χ1v) is 10.5. The van der Waals surface area contributed by atoms with Gasteiger partial charge in [-0.15, -0.1) is 10.2 Å². The van der Waals surface area contributed by atoms with E-state index in [2.05, 4.69) is 19.7 Å². The summed E-state index contributed by atoms with van der Waals surface area (Å²) in [4.78, 5) is 4.08. The number of methoxy groups -OCH3 is 2. The topological polar surface area (TPSA) is 62.1 Å². The maximum atomic E-state index is 5.56. The van der Waals surface area contributed by atoms with E-state index in [1.807, 2.05) is 73.1 Å². The second kappa shape index (κ2) is 9.45. The zero-order chi connectivity index (χ0) is 20.8. The highest BCUT2D eigenvalue weighted by Crippen LogP contribution is 2.33. The van der Waals surface area contributed by atoms with Crippen LogP contribution >= 0.6 is 11.8 Å². The number of rotatable bonds is 8. The molecule has 0 fully saturated rings. The van der Waals surface area contributed by atoms with Gasteiger partial charge in [-0.2, -0.15) is 0 Å². The molecule has 0 bridgehead atoms. The van der Waals surface area contributed by atoms with Gasteiger partial charge in [-0.3, -0.25) is 9.55 Å². The van der Waals surface area contributed by atoms with E-state index >= 15 is 0 Å². The molecule has 0 amide bonds. The molecule has 0 aliphatic heterocycles. The van der Waals surface area contributed by atoms with Crippen molar-refractivity contribution >= 4 is 11.8 Å². The highest BCUT2D eigenvalue weighted by Gasteiger charge is 2.19. The first kappa shape index (κ1) is 20.0. The predicted octanol–water partition coefficient (Wildman–Crippen LogP) is 4.68. The molecule has 2 aromatic heterocycles. The zero-order valence-corrected chi connectivity index (χ0v) is 17.7. The summed E-state index contributed by atoms with van der Waals surface area (Å²) in [6, 6.07) is 19.8. The first-order valence-electron chi connectivity index (χ1n) is 9.55. The Morgan fingerprint density at radius 1 is 0.867 bits per heavy atom. The summed E-state index contributed by atoms with van der Waals surface area (Å²) >= 11 is 1.67. The van der Waals surface area contributed by atoms with Crippen LogP contribution in [0.4, 0.5) is 0 Å².